The van der Waals surface area contributed by atoms with E-state index >= 15 is 0 Å². The second-order valence-electron chi connectivity index (χ2n) is 3.59. The molecule has 0 aliphatic rings. The Bertz CT molecular complexity index is 107. The zero-order valence-corrected chi connectivity index (χ0v) is 8.45. The summed E-state index contributed by atoms with van der Waals surface area (Å²) < 4.78 is 0. The van der Waals surface area contributed by atoms with Crippen molar-refractivity contribution in [3.8, 4) is 0 Å². The van der Waals surface area contributed by atoms with Crippen LogP contribution in [-0.4, -0.2) is 42.3 Å². The molecule has 0 radical (unpaired) electrons. The van der Waals surface area contributed by atoms with E-state index in [9.17, 15) is 5.11 Å². The molecular weight excluding hydrogens is 152 g/mol. The van der Waals surface area contributed by atoms with Gasteiger partial charge in [-0.25, -0.2) is 0 Å². The number of nitrogens with zero attached hydrogens (tertiary/aromatic N) is 1. The van der Waals surface area contributed by atoms with Gasteiger partial charge in [0.15, 0.2) is 0 Å². The minimum absolute atomic E-state index is 0.226. The highest BCUT2D eigenvalue weighted by molar-refractivity contribution is 4.62. The van der Waals surface area contributed by atoms with Gasteiger partial charge in [-0.05, 0) is 40.3 Å². The Morgan fingerprint density at radius 1 is 1.33 bits per heavy atom. The van der Waals surface area contributed by atoms with Crippen LogP contribution < -0.4 is 5.73 Å². The number of aliphatic hydroxyl groups is 1. The summed E-state index contributed by atoms with van der Waals surface area (Å²) >= 11 is 0. The molecule has 3 N–H and O–H groups in total. The zero-order valence-electron chi connectivity index (χ0n) is 8.45. The Morgan fingerprint density at radius 3 is 2.33 bits per heavy atom. The second-order valence-corrected chi connectivity index (χ2v) is 3.59. The molecule has 0 heterocycles. The van der Waals surface area contributed by atoms with E-state index < -0.39 is 0 Å². The summed E-state index contributed by atoms with van der Waals surface area (Å²) in [5, 5.41) is 9.37. The van der Waals surface area contributed by atoms with Gasteiger partial charge in [-0.3, -0.25) is 0 Å². The molecule has 12 heavy (non-hydrogen) atoms. The summed E-state index contributed by atoms with van der Waals surface area (Å²) in [6, 6.07) is 0.551. The van der Waals surface area contributed by atoms with Crippen molar-refractivity contribution in [2.24, 2.45) is 5.73 Å². The van der Waals surface area contributed by atoms with E-state index in [1.54, 1.807) is 0 Å². The molecule has 0 aliphatic heterocycles. The summed E-state index contributed by atoms with van der Waals surface area (Å²) in [6.45, 7) is 5.82. The maximum Gasteiger partial charge on any atom is 0.0564 e. The molecule has 3 heteroatoms. The quantitative estimate of drug-likeness (QED) is 0.614. The fraction of sp³-hybridized carbons (Fsp3) is 1.00. The van der Waals surface area contributed by atoms with Crippen LogP contribution in [0.3, 0.4) is 0 Å². The van der Waals surface area contributed by atoms with Gasteiger partial charge in [0.2, 0.25) is 0 Å². The Balaban J connectivity index is 3.40. The third-order valence-corrected chi connectivity index (χ3v) is 2.20. The van der Waals surface area contributed by atoms with E-state index in [0.717, 1.165) is 13.0 Å². The average Bonchev–Trinajstić information content (AvgIpc) is 2.00. The maximum atomic E-state index is 9.37. The molecule has 0 amide bonds. The lowest BCUT2D eigenvalue weighted by molar-refractivity contribution is 0.134. The summed E-state index contributed by atoms with van der Waals surface area (Å²) in [5.41, 5.74) is 5.32. The van der Waals surface area contributed by atoms with Crippen LogP contribution in [0.4, 0.5) is 0 Å². The van der Waals surface area contributed by atoms with Gasteiger partial charge in [0.05, 0.1) is 6.10 Å². The predicted octanol–water partition coefficient (Wildman–Crippen LogP) is 0.426. The van der Waals surface area contributed by atoms with Crippen molar-refractivity contribution in [2.75, 3.05) is 20.1 Å². The van der Waals surface area contributed by atoms with Gasteiger partial charge in [0.1, 0.15) is 0 Å². The van der Waals surface area contributed by atoms with E-state index in [1.807, 2.05) is 0 Å². The molecule has 0 fully saturated rings. The first-order chi connectivity index (χ1) is 5.57. The Kier molecular flexibility index (Phi) is 6.34. The Labute approximate surface area is 75.6 Å². The molecule has 0 bridgehead atoms. The SMILES string of the molecule is CC(C)N(C)CC[C@H](O)CCN. The molecule has 74 valence electrons. The highest BCUT2D eigenvalue weighted by Gasteiger charge is 2.06. The van der Waals surface area contributed by atoms with E-state index in [0.29, 0.717) is 19.0 Å². The third kappa shape index (κ3) is 5.52. The molecule has 0 aromatic heterocycles. The molecule has 0 aromatic carbocycles. The van der Waals surface area contributed by atoms with Crippen molar-refractivity contribution in [3.05, 3.63) is 0 Å². The van der Waals surface area contributed by atoms with Gasteiger partial charge in [-0.2, -0.15) is 0 Å². The van der Waals surface area contributed by atoms with E-state index in [-0.39, 0.29) is 6.10 Å². The van der Waals surface area contributed by atoms with Crippen LogP contribution in [0.1, 0.15) is 26.7 Å². The lowest BCUT2D eigenvalue weighted by atomic mass is 10.2. The highest BCUT2D eigenvalue weighted by Crippen LogP contribution is 2.00. The van der Waals surface area contributed by atoms with Crippen molar-refractivity contribution in [3.63, 3.8) is 0 Å². The van der Waals surface area contributed by atoms with E-state index in [1.165, 1.54) is 0 Å². The smallest absolute Gasteiger partial charge is 0.0564 e. The number of nitrogens with two attached hydrogens (primary N) is 1. The molecule has 0 spiro atoms. The van der Waals surface area contributed by atoms with Crippen LogP contribution in [0.5, 0.6) is 0 Å². The second kappa shape index (κ2) is 6.40. The molecular formula is C9H22N2O. The van der Waals surface area contributed by atoms with Crippen molar-refractivity contribution >= 4 is 0 Å². The lowest BCUT2D eigenvalue weighted by Gasteiger charge is -2.22. The van der Waals surface area contributed by atoms with Crippen molar-refractivity contribution in [1.82, 2.24) is 4.90 Å². The van der Waals surface area contributed by atoms with Crippen molar-refractivity contribution in [1.29, 1.82) is 0 Å². The average molecular weight is 174 g/mol. The fourth-order valence-electron chi connectivity index (χ4n) is 0.948. The topological polar surface area (TPSA) is 49.5 Å². The summed E-state index contributed by atoms with van der Waals surface area (Å²) in [5.74, 6) is 0. The minimum Gasteiger partial charge on any atom is -0.393 e. The molecule has 0 saturated carbocycles. The van der Waals surface area contributed by atoms with Crippen LogP contribution in [0.2, 0.25) is 0 Å². The number of hydrogen-bond donors (Lipinski definition) is 2. The number of aliphatic hydroxyl groups excluding tert-OH is 1. The van der Waals surface area contributed by atoms with Crippen LogP contribution in [0.25, 0.3) is 0 Å². The fourth-order valence-corrected chi connectivity index (χ4v) is 0.948. The summed E-state index contributed by atoms with van der Waals surface area (Å²) in [6.07, 6.45) is 1.31. The summed E-state index contributed by atoms with van der Waals surface area (Å²) in [4.78, 5) is 2.22. The molecule has 3 nitrogen and oxygen atoms in total. The van der Waals surface area contributed by atoms with Crippen LogP contribution in [0, 0.1) is 0 Å². The predicted molar refractivity (Wildman–Crippen MR) is 52.1 cm³/mol. The third-order valence-electron chi connectivity index (χ3n) is 2.20. The molecule has 1 atom stereocenters. The molecule has 0 aromatic rings. The summed E-state index contributed by atoms with van der Waals surface area (Å²) in [7, 11) is 2.07. The first-order valence-corrected chi connectivity index (χ1v) is 4.66. The molecule has 0 aliphatic carbocycles. The van der Waals surface area contributed by atoms with E-state index in [4.69, 9.17) is 5.73 Å². The van der Waals surface area contributed by atoms with Crippen molar-refractivity contribution < 1.29 is 5.11 Å². The number of rotatable bonds is 6. The van der Waals surface area contributed by atoms with Crippen LogP contribution in [-0.2, 0) is 0 Å². The minimum atomic E-state index is -0.226. The van der Waals surface area contributed by atoms with Crippen LogP contribution >= 0.6 is 0 Å². The van der Waals surface area contributed by atoms with Gasteiger partial charge in [-0.15, -0.1) is 0 Å². The number of hydrogen-bond acceptors (Lipinski definition) is 3. The zero-order chi connectivity index (χ0) is 9.56. The monoisotopic (exact) mass is 174 g/mol. The highest BCUT2D eigenvalue weighted by atomic mass is 16.3. The lowest BCUT2D eigenvalue weighted by Crippen LogP contribution is -2.30. The first-order valence-electron chi connectivity index (χ1n) is 4.66. The van der Waals surface area contributed by atoms with E-state index in [2.05, 4.69) is 25.8 Å². The van der Waals surface area contributed by atoms with Gasteiger partial charge in [0, 0.05) is 12.6 Å². The van der Waals surface area contributed by atoms with Gasteiger partial charge in [-0.1, -0.05) is 0 Å². The van der Waals surface area contributed by atoms with Crippen LogP contribution in [0.15, 0.2) is 0 Å². The Morgan fingerprint density at radius 2 is 1.92 bits per heavy atom. The Hall–Kier alpha value is -0.120. The van der Waals surface area contributed by atoms with Crippen molar-refractivity contribution in [2.45, 2.75) is 38.8 Å². The first kappa shape index (κ1) is 11.9. The largest absolute Gasteiger partial charge is 0.393 e. The molecule has 0 unspecified atom stereocenters. The maximum absolute atomic E-state index is 9.37. The van der Waals surface area contributed by atoms with Gasteiger partial charge < -0.3 is 15.7 Å². The standard InChI is InChI=1S/C9H22N2O/c1-8(2)11(3)7-5-9(12)4-6-10/h8-9,12H,4-7,10H2,1-3H3/t9-/m1/s1. The molecule has 0 rings (SSSR count). The normalized spacial score (nSPS) is 14.2. The molecule has 0 saturated heterocycles. The van der Waals surface area contributed by atoms with Gasteiger partial charge in [0.25, 0.3) is 0 Å². The van der Waals surface area contributed by atoms with Gasteiger partial charge >= 0.3 is 0 Å².